The molecule has 1 amide bonds. The highest BCUT2D eigenvalue weighted by atomic mass is 35.5. The molecule has 2 N–H and O–H groups in total. The first kappa shape index (κ1) is 16.9. The molecule has 0 bridgehead atoms. The molecule has 3 rings (SSSR count). The van der Waals surface area contributed by atoms with Crippen molar-refractivity contribution < 1.29 is 4.79 Å². The fourth-order valence-electron chi connectivity index (χ4n) is 2.20. The van der Waals surface area contributed by atoms with Crippen LogP contribution in [-0.4, -0.2) is 20.9 Å². The number of hydrogen-bond acceptors (Lipinski definition) is 5. The molecule has 3 aromatic rings. The van der Waals surface area contributed by atoms with Crippen molar-refractivity contribution in [1.29, 1.82) is 0 Å². The smallest absolute Gasteiger partial charge is 0.274 e. The van der Waals surface area contributed by atoms with Crippen LogP contribution in [0, 0.1) is 6.92 Å². The van der Waals surface area contributed by atoms with Gasteiger partial charge in [-0.25, -0.2) is 9.97 Å². The monoisotopic (exact) mass is 353 g/mol. The van der Waals surface area contributed by atoms with E-state index >= 15 is 0 Å². The van der Waals surface area contributed by atoms with Crippen LogP contribution in [0.1, 0.15) is 21.9 Å². The zero-order valence-corrected chi connectivity index (χ0v) is 14.3. The molecule has 6 nitrogen and oxygen atoms in total. The van der Waals surface area contributed by atoms with Crippen LogP contribution in [0.15, 0.2) is 54.7 Å². The molecule has 0 spiro atoms. The van der Waals surface area contributed by atoms with E-state index in [1.165, 1.54) is 0 Å². The summed E-state index contributed by atoms with van der Waals surface area (Å²) in [6.07, 6.45) is 1.72. The summed E-state index contributed by atoms with van der Waals surface area (Å²) in [5.74, 6) is 0.0514. The van der Waals surface area contributed by atoms with Gasteiger partial charge in [-0.3, -0.25) is 9.78 Å². The molecule has 2 heterocycles. The number of aromatic nitrogens is 3. The van der Waals surface area contributed by atoms with Gasteiger partial charge in [0.2, 0.25) is 5.95 Å². The van der Waals surface area contributed by atoms with E-state index in [-0.39, 0.29) is 11.6 Å². The molecule has 2 aromatic heterocycles. The van der Waals surface area contributed by atoms with Crippen molar-refractivity contribution in [2.75, 3.05) is 10.6 Å². The van der Waals surface area contributed by atoms with E-state index in [4.69, 9.17) is 11.6 Å². The highest BCUT2D eigenvalue weighted by Crippen LogP contribution is 2.16. The van der Waals surface area contributed by atoms with E-state index in [1.807, 2.05) is 25.1 Å². The van der Waals surface area contributed by atoms with Crippen LogP contribution in [0.25, 0.3) is 0 Å². The van der Waals surface area contributed by atoms with E-state index in [1.54, 1.807) is 36.5 Å². The first-order valence-corrected chi connectivity index (χ1v) is 8.04. The number of carbonyl (C=O) groups is 1. The van der Waals surface area contributed by atoms with Crippen LogP contribution in [-0.2, 0) is 6.54 Å². The van der Waals surface area contributed by atoms with E-state index < -0.39 is 0 Å². The van der Waals surface area contributed by atoms with Crippen molar-refractivity contribution >= 4 is 29.1 Å². The first-order chi connectivity index (χ1) is 12.1. The van der Waals surface area contributed by atoms with Gasteiger partial charge in [0.1, 0.15) is 5.69 Å². The number of nitrogens with one attached hydrogen (secondary N) is 2. The number of aryl methyl sites for hydroxylation is 1. The zero-order chi connectivity index (χ0) is 17.6. The Bertz CT molecular complexity index is 886. The Balaban J connectivity index is 1.73. The summed E-state index contributed by atoms with van der Waals surface area (Å²) in [7, 11) is 0. The van der Waals surface area contributed by atoms with Crippen molar-refractivity contribution in [3.05, 3.63) is 76.8 Å². The maximum atomic E-state index is 12.4. The lowest BCUT2D eigenvalue weighted by Gasteiger charge is -2.09. The van der Waals surface area contributed by atoms with Gasteiger partial charge in [0.25, 0.3) is 5.91 Å². The first-order valence-electron chi connectivity index (χ1n) is 7.66. The standard InChI is InChI=1S/C18H16ClN5O/c1-12-9-16(17(25)23-14-7-4-5-13(19)10-14)24-18(22-12)21-11-15-6-2-3-8-20-15/h2-10H,11H2,1H3,(H,23,25)(H,21,22,24). The summed E-state index contributed by atoms with van der Waals surface area (Å²) in [5.41, 5.74) is 2.43. The van der Waals surface area contributed by atoms with Gasteiger partial charge in [0.15, 0.2) is 0 Å². The zero-order valence-electron chi connectivity index (χ0n) is 13.5. The molecule has 0 saturated carbocycles. The number of anilines is 2. The van der Waals surface area contributed by atoms with Crippen LogP contribution in [0.5, 0.6) is 0 Å². The Kier molecular flexibility index (Phi) is 5.20. The molecule has 25 heavy (non-hydrogen) atoms. The van der Waals surface area contributed by atoms with Gasteiger partial charge >= 0.3 is 0 Å². The third-order valence-corrected chi connectivity index (χ3v) is 3.56. The van der Waals surface area contributed by atoms with Crippen molar-refractivity contribution in [3.8, 4) is 0 Å². The van der Waals surface area contributed by atoms with E-state index in [0.29, 0.717) is 28.9 Å². The molecule has 0 saturated heterocycles. The largest absolute Gasteiger partial charge is 0.349 e. The second-order valence-corrected chi connectivity index (χ2v) is 5.79. The quantitative estimate of drug-likeness (QED) is 0.731. The average Bonchev–Trinajstić information content (AvgIpc) is 2.60. The van der Waals surface area contributed by atoms with Gasteiger partial charge in [-0.1, -0.05) is 23.7 Å². The van der Waals surface area contributed by atoms with Crippen LogP contribution in [0.4, 0.5) is 11.6 Å². The lowest BCUT2D eigenvalue weighted by atomic mass is 10.3. The normalized spacial score (nSPS) is 10.3. The van der Waals surface area contributed by atoms with Gasteiger partial charge in [-0.05, 0) is 43.3 Å². The molecule has 0 radical (unpaired) electrons. The summed E-state index contributed by atoms with van der Waals surface area (Å²) in [5, 5.41) is 6.41. The Hall–Kier alpha value is -2.99. The molecule has 0 unspecified atom stereocenters. The summed E-state index contributed by atoms with van der Waals surface area (Å²) >= 11 is 5.93. The maximum Gasteiger partial charge on any atom is 0.274 e. The van der Waals surface area contributed by atoms with Gasteiger partial charge in [-0.15, -0.1) is 0 Å². The summed E-state index contributed by atoms with van der Waals surface area (Å²) in [6, 6.07) is 14.2. The molecule has 0 aliphatic heterocycles. The molecular weight excluding hydrogens is 338 g/mol. The van der Waals surface area contributed by atoms with Crippen LogP contribution in [0.2, 0.25) is 5.02 Å². The number of pyridine rings is 1. The fourth-order valence-corrected chi connectivity index (χ4v) is 2.39. The van der Waals surface area contributed by atoms with E-state index in [2.05, 4.69) is 25.6 Å². The van der Waals surface area contributed by atoms with E-state index in [9.17, 15) is 4.79 Å². The van der Waals surface area contributed by atoms with Crippen LogP contribution in [0.3, 0.4) is 0 Å². The fraction of sp³-hybridized carbons (Fsp3) is 0.111. The number of halogens is 1. The average molecular weight is 354 g/mol. The molecule has 126 valence electrons. The highest BCUT2D eigenvalue weighted by molar-refractivity contribution is 6.30. The Morgan fingerprint density at radius 1 is 1.12 bits per heavy atom. The predicted molar refractivity (Wildman–Crippen MR) is 97.7 cm³/mol. The van der Waals surface area contributed by atoms with Crippen LogP contribution >= 0.6 is 11.6 Å². The van der Waals surface area contributed by atoms with Gasteiger partial charge in [0, 0.05) is 22.6 Å². The molecule has 1 aromatic carbocycles. The van der Waals surface area contributed by atoms with Gasteiger partial charge < -0.3 is 10.6 Å². The molecule has 0 fully saturated rings. The molecule has 7 heteroatoms. The molecule has 0 atom stereocenters. The second kappa shape index (κ2) is 7.72. The Labute approximate surface area is 150 Å². The lowest BCUT2D eigenvalue weighted by molar-refractivity contribution is 0.102. The van der Waals surface area contributed by atoms with Crippen molar-refractivity contribution in [1.82, 2.24) is 15.0 Å². The molecule has 0 aliphatic carbocycles. The molecular formula is C18H16ClN5O. The third-order valence-electron chi connectivity index (χ3n) is 3.32. The van der Waals surface area contributed by atoms with E-state index in [0.717, 1.165) is 5.69 Å². The van der Waals surface area contributed by atoms with Crippen molar-refractivity contribution in [3.63, 3.8) is 0 Å². The van der Waals surface area contributed by atoms with Crippen LogP contribution < -0.4 is 10.6 Å². The summed E-state index contributed by atoms with van der Waals surface area (Å²) in [6.45, 7) is 2.28. The number of carbonyl (C=O) groups excluding carboxylic acids is 1. The highest BCUT2D eigenvalue weighted by Gasteiger charge is 2.11. The summed E-state index contributed by atoms with van der Waals surface area (Å²) < 4.78 is 0. The van der Waals surface area contributed by atoms with Gasteiger partial charge in [-0.2, -0.15) is 0 Å². The second-order valence-electron chi connectivity index (χ2n) is 5.36. The molecule has 0 aliphatic rings. The third kappa shape index (κ3) is 4.74. The number of benzene rings is 1. The topological polar surface area (TPSA) is 79.8 Å². The number of rotatable bonds is 5. The minimum atomic E-state index is -0.325. The maximum absolute atomic E-state index is 12.4. The number of hydrogen-bond donors (Lipinski definition) is 2. The van der Waals surface area contributed by atoms with Crippen molar-refractivity contribution in [2.45, 2.75) is 13.5 Å². The number of nitrogens with zero attached hydrogens (tertiary/aromatic N) is 3. The Morgan fingerprint density at radius 2 is 2.00 bits per heavy atom. The van der Waals surface area contributed by atoms with Gasteiger partial charge in [0.05, 0.1) is 12.2 Å². The minimum absolute atomic E-state index is 0.274. The SMILES string of the molecule is Cc1cc(C(=O)Nc2cccc(Cl)c2)nc(NCc2ccccn2)n1. The Morgan fingerprint density at radius 3 is 2.76 bits per heavy atom. The number of amides is 1. The lowest BCUT2D eigenvalue weighted by Crippen LogP contribution is -2.16. The minimum Gasteiger partial charge on any atom is -0.349 e. The predicted octanol–water partition coefficient (Wildman–Crippen LogP) is 3.70. The summed E-state index contributed by atoms with van der Waals surface area (Å²) in [4.78, 5) is 25.2. The van der Waals surface area contributed by atoms with Crippen molar-refractivity contribution in [2.24, 2.45) is 0 Å².